The van der Waals surface area contributed by atoms with Gasteiger partial charge in [-0.15, -0.1) is 0 Å². The topological polar surface area (TPSA) is 63.2 Å². The SMILES string of the molecule is CCOC(=O)C[C@H]1C[C@@H](CCOc2ccc(OC)cc2)O[C@@H](c2ccccc2)O1. The van der Waals surface area contributed by atoms with Crippen LogP contribution in [0.3, 0.4) is 0 Å². The zero-order chi connectivity index (χ0) is 20.5. The van der Waals surface area contributed by atoms with Crippen LogP contribution in [0.4, 0.5) is 0 Å². The molecule has 0 amide bonds. The molecule has 0 N–H and O–H groups in total. The summed E-state index contributed by atoms with van der Waals surface area (Å²) >= 11 is 0. The molecular weight excluding hydrogens is 372 g/mol. The van der Waals surface area contributed by atoms with Gasteiger partial charge < -0.3 is 23.7 Å². The molecule has 0 radical (unpaired) electrons. The van der Waals surface area contributed by atoms with Crippen LogP contribution in [0.25, 0.3) is 0 Å². The number of carbonyl (C=O) groups excluding carboxylic acids is 1. The molecule has 29 heavy (non-hydrogen) atoms. The predicted molar refractivity (Wildman–Crippen MR) is 108 cm³/mol. The number of benzene rings is 2. The summed E-state index contributed by atoms with van der Waals surface area (Å²) in [5.74, 6) is 1.32. The Labute approximate surface area is 171 Å². The third-order valence-electron chi connectivity index (χ3n) is 4.70. The van der Waals surface area contributed by atoms with Gasteiger partial charge in [0, 0.05) is 18.4 Å². The molecule has 0 aromatic heterocycles. The summed E-state index contributed by atoms with van der Waals surface area (Å²) in [6.45, 7) is 2.67. The number of rotatable bonds is 9. The van der Waals surface area contributed by atoms with Gasteiger partial charge in [-0.2, -0.15) is 0 Å². The van der Waals surface area contributed by atoms with Crippen molar-refractivity contribution in [1.82, 2.24) is 0 Å². The molecule has 1 fully saturated rings. The van der Waals surface area contributed by atoms with Crippen molar-refractivity contribution in [2.45, 2.75) is 44.7 Å². The molecule has 2 aromatic rings. The monoisotopic (exact) mass is 400 g/mol. The molecular formula is C23H28O6. The first-order valence-electron chi connectivity index (χ1n) is 9.96. The highest BCUT2D eigenvalue weighted by atomic mass is 16.7. The van der Waals surface area contributed by atoms with Crippen LogP contribution < -0.4 is 9.47 Å². The highest BCUT2D eigenvalue weighted by Gasteiger charge is 2.32. The van der Waals surface area contributed by atoms with E-state index in [1.54, 1.807) is 14.0 Å². The molecule has 3 atom stereocenters. The van der Waals surface area contributed by atoms with Crippen LogP contribution in [0, 0.1) is 0 Å². The minimum Gasteiger partial charge on any atom is -0.497 e. The first kappa shape index (κ1) is 21.1. The van der Waals surface area contributed by atoms with Crippen molar-refractivity contribution >= 4 is 5.97 Å². The molecule has 0 bridgehead atoms. The first-order valence-corrected chi connectivity index (χ1v) is 9.96. The second-order valence-corrected chi connectivity index (χ2v) is 6.82. The van der Waals surface area contributed by atoms with Gasteiger partial charge in [-0.25, -0.2) is 0 Å². The Morgan fingerprint density at radius 3 is 2.38 bits per heavy atom. The van der Waals surface area contributed by atoms with Crippen LogP contribution in [-0.2, 0) is 19.0 Å². The Morgan fingerprint density at radius 1 is 1.00 bits per heavy atom. The van der Waals surface area contributed by atoms with Gasteiger partial charge in [-0.3, -0.25) is 4.79 Å². The lowest BCUT2D eigenvalue weighted by Crippen LogP contribution is -2.36. The Hall–Kier alpha value is -2.57. The third kappa shape index (κ3) is 6.48. The van der Waals surface area contributed by atoms with Crippen LogP contribution >= 0.6 is 0 Å². The van der Waals surface area contributed by atoms with Crippen LogP contribution in [0.5, 0.6) is 11.5 Å². The minimum absolute atomic E-state index is 0.0772. The van der Waals surface area contributed by atoms with Crippen molar-refractivity contribution in [3.63, 3.8) is 0 Å². The molecule has 156 valence electrons. The zero-order valence-electron chi connectivity index (χ0n) is 16.9. The summed E-state index contributed by atoms with van der Waals surface area (Å²) in [5, 5.41) is 0. The molecule has 0 spiro atoms. The Morgan fingerprint density at radius 2 is 1.69 bits per heavy atom. The van der Waals surface area contributed by atoms with Gasteiger partial charge in [-0.1, -0.05) is 30.3 Å². The fourth-order valence-corrected chi connectivity index (χ4v) is 3.26. The maximum absolute atomic E-state index is 11.9. The maximum Gasteiger partial charge on any atom is 0.308 e. The summed E-state index contributed by atoms with van der Waals surface area (Å²) in [5.41, 5.74) is 0.933. The molecule has 3 rings (SSSR count). The molecule has 0 unspecified atom stereocenters. The van der Waals surface area contributed by atoms with E-state index in [9.17, 15) is 4.79 Å². The molecule has 0 saturated carbocycles. The van der Waals surface area contributed by atoms with Crippen molar-refractivity contribution in [1.29, 1.82) is 0 Å². The lowest BCUT2D eigenvalue weighted by Gasteiger charge is -2.35. The van der Waals surface area contributed by atoms with Gasteiger partial charge in [0.25, 0.3) is 0 Å². The van der Waals surface area contributed by atoms with E-state index in [2.05, 4.69) is 0 Å². The van der Waals surface area contributed by atoms with Crippen LogP contribution in [-0.4, -0.2) is 38.5 Å². The standard InChI is InChI=1S/C23H28O6/c1-3-26-22(24)16-21-15-20(28-23(29-21)17-7-5-4-6-8-17)13-14-27-19-11-9-18(25-2)10-12-19/h4-12,20-21,23H,3,13-16H2,1-2H3/t20-,21-,23-/m1/s1. The summed E-state index contributed by atoms with van der Waals surface area (Å²) in [4.78, 5) is 11.9. The van der Waals surface area contributed by atoms with E-state index in [0.29, 0.717) is 26.1 Å². The van der Waals surface area contributed by atoms with E-state index in [4.69, 9.17) is 23.7 Å². The molecule has 1 aliphatic rings. The lowest BCUT2D eigenvalue weighted by atomic mass is 10.0. The van der Waals surface area contributed by atoms with Gasteiger partial charge in [-0.05, 0) is 31.2 Å². The van der Waals surface area contributed by atoms with Crippen molar-refractivity contribution < 1.29 is 28.5 Å². The van der Waals surface area contributed by atoms with Crippen LogP contribution in [0.2, 0.25) is 0 Å². The van der Waals surface area contributed by atoms with E-state index >= 15 is 0 Å². The summed E-state index contributed by atoms with van der Waals surface area (Å²) in [6.07, 6.45) is 0.698. The van der Waals surface area contributed by atoms with Gasteiger partial charge in [0.05, 0.1) is 39.0 Å². The van der Waals surface area contributed by atoms with Crippen molar-refractivity contribution in [2.75, 3.05) is 20.3 Å². The van der Waals surface area contributed by atoms with E-state index in [1.807, 2.05) is 54.6 Å². The minimum atomic E-state index is -0.504. The van der Waals surface area contributed by atoms with Crippen molar-refractivity contribution in [3.05, 3.63) is 60.2 Å². The number of ether oxygens (including phenoxy) is 5. The van der Waals surface area contributed by atoms with Gasteiger partial charge in [0.2, 0.25) is 0 Å². The molecule has 6 nitrogen and oxygen atoms in total. The largest absolute Gasteiger partial charge is 0.497 e. The highest BCUT2D eigenvalue weighted by Crippen LogP contribution is 2.32. The normalized spacial score (nSPS) is 21.4. The fraction of sp³-hybridized carbons (Fsp3) is 0.435. The van der Waals surface area contributed by atoms with Crippen LogP contribution in [0.15, 0.2) is 54.6 Å². The number of methoxy groups -OCH3 is 1. The Bertz CT molecular complexity index is 746. The summed E-state index contributed by atoms with van der Waals surface area (Å²) < 4.78 is 28.3. The Balaban J connectivity index is 1.58. The number of hydrogen-bond acceptors (Lipinski definition) is 6. The number of esters is 1. The smallest absolute Gasteiger partial charge is 0.308 e. The molecule has 6 heteroatoms. The molecule has 1 saturated heterocycles. The second-order valence-electron chi connectivity index (χ2n) is 6.82. The maximum atomic E-state index is 11.9. The highest BCUT2D eigenvalue weighted by molar-refractivity contribution is 5.69. The van der Waals surface area contributed by atoms with E-state index in [1.165, 1.54) is 0 Å². The van der Waals surface area contributed by atoms with Gasteiger partial charge in [0.1, 0.15) is 11.5 Å². The lowest BCUT2D eigenvalue weighted by molar-refractivity contribution is -0.251. The average Bonchev–Trinajstić information content (AvgIpc) is 2.75. The van der Waals surface area contributed by atoms with Crippen LogP contribution in [0.1, 0.15) is 38.0 Å². The van der Waals surface area contributed by atoms with E-state index in [0.717, 1.165) is 17.1 Å². The molecule has 0 aliphatic carbocycles. The second kappa shape index (κ2) is 10.8. The number of carbonyl (C=O) groups is 1. The van der Waals surface area contributed by atoms with Crippen molar-refractivity contribution in [3.8, 4) is 11.5 Å². The predicted octanol–water partition coefficient (Wildman–Crippen LogP) is 4.29. The average molecular weight is 400 g/mol. The first-order chi connectivity index (χ1) is 14.2. The molecule has 2 aromatic carbocycles. The quantitative estimate of drug-likeness (QED) is 0.585. The number of hydrogen-bond donors (Lipinski definition) is 0. The summed E-state index contributed by atoms with van der Waals surface area (Å²) in [6, 6.07) is 17.2. The molecule has 1 heterocycles. The van der Waals surface area contributed by atoms with E-state index in [-0.39, 0.29) is 24.6 Å². The molecule has 1 aliphatic heterocycles. The fourth-order valence-electron chi connectivity index (χ4n) is 3.26. The summed E-state index contributed by atoms with van der Waals surface area (Å²) in [7, 11) is 1.63. The van der Waals surface area contributed by atoms with Gasteiger partial charge in [0.15, 0.2) is 6.29 Å². The van der Waals surface area contributed by atoms with E-state index < -0.39 is 6.29 Å². The van der Waals surface area contributed by atoms with Gasteiger partial charge >= 0.3 is 5.97 Å². The third-order valence-corrected chi connectivity index (χ3v) is 4.70. The van der Waals surface area contributed by atoms with Crippen molar-refractivity contribution in [2.24, 2.45) is 0 Å². The zero-order valence-corrected chi connectivity index (χ0v) is 16.9. The Kier molecular flexibility index (Phi) is 7.90.